The molecule has 1 rings (SSSR count). The maximum Gasteiger partial charge on any atom is 0.416 e. The molecule has 0 atom stereocenters. The van der Waals surface area contributed by atoms with Gasteiger partial charge in [0.1, 0.15) is 5.69 Å². The first-order chi connectivity index (χ1) is 11.3. The molecule has 0 saturated carbocycles. The molecule has 0 heterocycles. The summed E-state index contributed by atoms with van der Waals surface area (Å²) in [5.74, 6) is -0.255. The number of nitrogens with one attached hydrogen (secondary N) is 2. The van der Waals surface area contributed by atoms with Crippen LogP contribution in [0.5, 0.6) is 0 Å². The predicted octanol–water partition coefficient (Wildman–Crippen LogP) is 2.69. The molecule has 142 valence electrons. The summed E-state index contributed by atoms with van der Waals surface area (Å²) < 4.78 is 37.8. The number of hydrogen-bond acceptors (Lipinski definition) is 5. The Morgan fingerprint density at radius 2 is 1.92 bits per heavy atom. The summed E-state index contributed by atoms with van der Waals surface area (Å²) in [6, 6.07) is 2.21. The molecule has 0 unspecified atom stereocenters. The summed E-state index contributed by atoms with van der Waals surface area (Å²) in [5.41, 5.74) is 3.47. The lowest BCUT2D eigenvalue weighted by molar-refractivity contribution is -0.384. The van der Waals surface area contributed by atoms with Crippen molar-refractivity contribution >= 4 is 29.7 Å². The first-order valence-corrected chi connectivity index (χ1v) is 7.32. The van der Waals surface area contributed by atoms with Crippen LogP contribution in [0.15, 0.2) is 18.2 Å². The second-order valence-corrected chi connectivity index (χ2v) is 5.01. The number of halogens is 4. The van der Waals surface area contributed by atoms with Crippen molar-refractivity contribution in [3.05, 3.63) is 33.9 Å². The van der Waals surface area contributed by atoms with Gasteiger partial charge in [0, 0.05) is 25.6 Å². The van der Waals surface area contributed by atoms with Gasteiger partial charge in [0.05, 0.1) is 10.5 Å². The van der Waals surface area contributed by atoms with Crippen LogP contribution in [0, 0.1) is 10.1 Å². The summed E-state index contributed by atoms with van der Waals surface area (Å²) in [6.07, 6.45) is -3.08. The smallest absolute Gasteiger partial charge is 0.379 e. The van der Waals surface area contributed by atoms with Gasteiger partial charge in [-0.3, -0.25) is 14.9 Å². The standard InChI is InChI=1S/C14H19F3N4O3.ClH/c15-14(16,17)10-3-4-11(12(9-10)21(23)24)19-8-5-13(22)20-7-2-1-6-18;/h3-4,9,19H,1-2,5-8,18H2,(H,20,22);1H. The lowest BCUT2D eigenvalue weighted by atomic mass is 10.1. The molecule has 0 aliphatic heterocycles. The molecule has 0 aliphatic rings. The van der Waals surface area contributed by atoms with Gasteiger partial charge in [0.15, 0.2) is 0 Å². The van der Waals surface area contributed by atoms with Crippen LogP contribution in [0.4, 0.5) is 24.5 Å². The first kappa shape index (κ1) is 22.9. The number of nitro groups is 1. The average Bonchev–Trinajstić information content (AvgIpc) is 2.50. The highest BCUT2D eigenvalue weighted by Crippen LogP contribution is 2.34. The average molecular weight is 385 g/mol. The molecule has 11 heteroatoms. The van der Waals surface area contributed by atoms with E-state index in [1.165, 1.54) is 0 Å². The van der Waals surface area contributed by atoms with Crippen molar-refractivity contribution in [3.8, 4) is 0 Å². The largest absolute Gasteiger partial charge is 0.416 e. The minimum Gasteiger partial charge on any atom is -0.379 e. The maximum absolute atomic E-state index is 12.6. The van der Waals surface area contributed by atoms with E-state index in [2.05, 4.69) is 10.6 Å². The molecule has 1 aromatic rings. The molecule has 0 aromatic heterocycles. The van der Waals surface area contributed by atoms with Gasteiger partial charge in [-0.25, -0.2) is 0 Å². The Hall–Kier alpha value is -2.07. The molecule has 0 saturated heterocycles. The van der Waals surface area contributed by atoms with Gasteiger partial charge in [-0.1, -0.05) is 0 Å². The Bertz CT molecular complexity index is 585. The van der Waals surface area contributed by atoms with Crippen molar-refractivity contribution < 1.29 is 22.9 Å². The zero-order valence-corrected chi connectivity index (χ0v) is 14.1. The number of nitrogens with two attached hydrogens (primary N) is 1. The third-order valence-electron chi connectivity index (χ3n) is 3.14. The zero-order valence-electron chi connectivity index (χ0n) is 13.3. The van der Waals surface area contributed by atoms with E-state index in [1.54, 1.807) is 0 Å². The lowest BCUT2D eigenvalue weighted by Gasteiger charge is -2.10. The van der Waals surface area contributed by atoms with Crippen molar-refractivity contribution in [2.75, 3.05) is 25.0 Å². The van der Waals surface area contributed by atoms with Gasteiger partial charge in [0.2, 0.25) is 5.91 Å². The summed E-state index contributed by atoms with van der Waals surface area (Å²) in [7, 11) is 0. The molecule has 7 nitrogen and oxygen atoms in total. The molecule has 4 N–H and O–H groups in total. The number of alkyl halides is 3. The van der Waals surface area contributed by atoms with Gasteiger partial charge in [-0.15, -0.1) is 12.4 Å². The molecule has 0 bridgehead atoms. The number of carbonyl (C=O) groups excluding carboxylic acids is 1. The van der Waals surface area contributed by atoms with Gasteiger partial charge < -0.3 is 16.4 Å². The Morgan fingerprint density at radius 1 is 1.24 bits per heavy atom. The third kappa shape index (κ3) is 8.03. The number of carbonyl (C=O) groups is 1. The fourth-order valence-electron chi connectivity index (χ4n) is 1.90. The van der Waals surface area contributed by atoms with Crippen LogP contribution in [0.2, 0.25) is 0 Å². The van der Waals surface area contributed by atoms with Gasteiger partial charge in [-0.2, -0.15) is 13.2 Å². The highest BCUT2D eigenvalue weighted by atomic mass is 35.5. The molecular formula is C14H20ClF3N4O3. The Labute approximate surface area is 148 Å². The van der Waals surface area contributed by atoms with E-state index in [0.29, 0.717) is 19.2 Å². The summed E-state index contributed by atoms with van der Waals surface area (Å²) >= 11 is 0. The molecule has 0 fully saturated rings. The van der Waals surface area contributed by atoms with Crippen LogP contribution in [-0.2, 0) is 11.0 Å². The Kier molecular flexibility index (Phi) is 9.84. The molecule has 0 spiro atoms. The second kappa shape index (κ2) is 10.7. The second-order valence-electron chi connectivity index (χ2n) is 5.01. The number of amides is 1. The van der Waals surface area contributed by atoms with Crippen molar-refractivity contribution in [1.82, 2.24) is 5.32 Å². The Morgan fingerprint density at radius 3 is 2.48 bits per heavy atom. The van der Waals surface area contributed by atoms with Crippen LogP contribution in [-0.4, -0.2) is 30.5 Å². The van der Waals surface area contributed by atoms with Crippen molar-refractivity contribution in [2.24, 2.45) is 5.73 Å². The number of nitrogens with zero attached hydrogens (tertiary/aromatic N) is 1. The highest BCUT2D eigenvalue weighted by molar-refractivity contribution is 5.85. The van der Waals surface area contributed by atoms with Crippen LogP contribution in [0.25, 0.3) is 0 Å². The Balaban J connectivity index is 0.00000576. The quantitative estimate of drug-likeness (QED) is 0.344. The number of rotatable bonds is 9. The molecule has 0 radical (unpaired) electrons. The number of unbranched alkanes of at least 4 members (excludes halogenated alkanes) is 1. The van der Waals surface area contributed by atoms with E-state index in [-0.39, 0.29) is 37.0 Å². The molecule has 25 heavy (non-hydrogen) atoms. The monoisotopic (exact) mass is 384 g/mol. The van der Waals surface area contributed by atoms with Crippen LogP contribution >= 0.6 is 12.4 Å². The normalized spacial score (nSPS) is 10.7. The van der Waals surface area contributed by atoms with Crippen molar-refractivity contribution in [3.63, 3.8) is 0 Å². The number of anilines is 1. The minimum absolute atomic E-state index is 0. The fraction of sp³-hybridized carbons (Fsp3) is 0.500. The summed E-state index contributed by atoms with van der Waals surface area (Å²) in [6.45, 7) is 1.08. The van der Waals surface area contributed by atoms with Crippen LogP contribution in [0.1, 0.15) is 24.8 Å². The lowest BCUT2D eigenvalue weighted by Crippen LogP contribution is -2.26. The van der Waals surface area contributed by atoms with E-state index < -0.39 is 22.4 Å². The number of hydrogen-bond donors (Lipinski definition) is 3. The SMILES string of the molecule is Cl.NCCCCNC(=O)CCNc1ccc(C(F)(F)F)cc1[N+](=O)[O-]. The predicted molar refractivity (Wildman–Crippen MR) is 89.8 cm³/mol. The van der Waals surface area contributed by atoms with Gasteiger partial charge in [-0.05, 0) is 31.5 Å². The van der Waals surface area contributed by atoms with Crippen LogP contribution in [0.3, 0.4) is 0 Å². The summed E-state index contributed by atoms with van der Waals surface area (Å²) in [4.78, 5) is 21.5. The van der Waals surface area contributed by atoms with E-state index in [9.17, 15) is 28.1 Å². The van der Waals surface area contributed by atoms with E-state index >= 15 is 0 Å². The molecule has 1 aromatic carbocycles. The van der Waals surface area contributed by atoms with Crippen molar-refractivity contribution in [2.45, 2.75) is 25.4 Å². The highest BCUT2D eigenvalue weighted by Gasteiger charge is 2.32. The minimum atomic E-state index is -4.66. The van der Waals surface area contributed by atoms with Crippen molar-refractivity contribution in [1.29, 1.82) is 0 Å². The maximum atomic E-state index is 12.6. The van der Waals surface area contributed by atoms with Gasteiger partial charge >= 0.3 is 6.18 Å². The number of benzene rings is 1. The first-order valence-electron chi connectivity index (χ1n) is 7.32. The van der Waals surface area contributed by atoms with E-state index in [1.807, 2.05) is 0 Å². The van der Waals surface area contributed by atoms with E-state index in [4.69, 9.17) is 5.73 Å². The fourth-order valence-corrected chi connectivity index (χ4v) is 1.90. The van der Waals surface area contributed by atoms with Crippen LogP contribution < -0.4 is 16.4 Å². The topological polar surface area (TPSA) is 110 Å². The summed E-state index contributed by atoms with van der Waals surface area (Å²) in [5, 5.41) is 16.2. The zero-order chi connectivity index (χ0) is 18.2. The molecular weight excluding hydrogens is 365 g/mol. The van der Waals surface area contributed by atoms with Gasteiger partial charge in [0.25, 0.3) is 5.69 Å². The third-order valence-corrected chi connectivity index (χ3v) is 3.14. The molecule has 1 amide bonds. The molecule has 0 aliphatic carbocycles. The van der Waals surface area contributed by atoms with E-state index in [0.717, 1.165) is 25.0 Å². The number of nitro benzene ring substituents is 1.